The summed E-state index contributed by atoms with van der Waals surface area (Å²) in [4.78, 5) is 15.6. The zero-order valence-corrected chi connectivity index (χ0v) is 15.9. The number of benzene rings is 2. The maximum absolute atomic E-state index is 12.6. The monoisotopic (exact) mass is 384 g/mol. The zero-order chi connectivity index (χ0) is 19.4. The molecule has 140 valence electrons. The van der Waals surface area contributed by atoms with Crippen LogP contribution in [-0.2, 0) is 21.4 Å². The first-order chi connectivity index (χ1) is 12.9. The molecular formula is C19H20N4O3S. The van der Waals surface area contributed by atoms with E-state index in [0.29, 0.717) is 12.1 Å². The van der Waals surface area contributed by atoms with Gasteiger partial charge in [-0.2, -0.15) is 5.10 Å². The molecule has 0 aliphatic rings. The smallest absolute Gasteiger partial charge is 0.264 e. The van der Waals surface area contributed by atoms with Gasteiger partial charge in [0.05, 0.1) is 11.4 Å². The molecule has 1 aromatic heterocycles. The van der Waals surface area contributed by atoms with Crippen LogP contribution in [0.4, 0.5) is 0 Å². The zero-order valence-electron chi connectivity index (χ0n) is 15.1. The van der Waals surface area contributed by atoms with Crippen LogP contribution in [0.25, 0.3) is 11.1 Å². The summed E-state index contributed by atoms with van der Waals surface area (Å²) in [6, 6.07) is 12.6. The van der Waals surface area contributed by atoms with Crippen molar-refractivity contribution in [3.8, 4) is 11.1 Å². The van der Waals surface area contributed by atoms with Crippen LogP contribution in [0.5, 0.6) is 0 Å². The van der Waals surface area contributed by atoms with Crippen LogP contribution in [-0.4, -0.2) is 29.1 Å². The lowest BCUT2D eigenvalue weighted by Crippen LogP contribution is -2.30. The van der Waals surface area contributed by atoms with Gasteiger partial charge >= 0.3 is 0 Å². The molecule has 0 unspecified atom stereocenters. The highest BCUT2D eigenvalue weighted by molar-refractivity contribution is 7.90. The molecule has 7 nitrogen and oxygen atoms in total. The average molecular weight is 384 g/mol. The summed E-state index contributed by atoms with van der Waals surface area (Å²) >= 11 is 0. The number of aromatic nitrogens is 3. The third-order valence-electron chi connectivity index (χ3n) is 4.07. The van der Waals surface area contributed by atoms with E-state index in [1.54, 1.807) is 30.1 Å². The highest BCUT2D eigenvalue weighted by Gasteiger charge is 2.21. The SMILES string of the molecule is CCC(=O)NS(=O)(=O)c1ccc(C)cc1-c1ccc(Cn2cncn2)cc1. The van der Waals surface area contributed by atoms with E-state index in [1.165, 1.54) is 12.4 Å². The van der Waals surface area contributed by atoms with Gasteiger partial charge in [-0.15, -0.1) is 0 Å². The number of hydrogen-bond acceptors (Lipinski definition) is 5. The number of hydrogen-bond donors (Lipinski definition) is 1. The van der Waals surface area contributed by atoms with Gasteiger partial charge in [-0.1, -0.05) is 48.9 Å². The number of rotatable bonds is 6. The van der Waals surface area contributed by atoms with Crippen molar-refractivity contribution in [2.24, 2.45) is 0 Å². The molecule has 0 fully saturated rings. The third-order valence-corrected chi connectivity index (χ3v) is 5.50. The number of carbonyl (C=O) groups excluding carboxylic acids is 1. The van der Waals surface area contributed by atoms with Gasteiger partial charge in [0.2, 0.25) is 5.91 Å². The quantitative estimate of drug-likeness (QED) is 0.705. The summed E-state index contributed by atoms with van der Waals surface area (Å²) in [7, 11) is -3.94. The number of sulfonamides is 1. The topological polar surface area (TPSA) is 94.0 Å². The fourth-order valence-corrected chi connectivity index (χ4v) is 3.94. The third kappa shape index (κ3) is 4.40. The minimum absolute atomic E-state index is 0.0823. The van der Waals surface area contributed by atoms with Crippen molar-refractivity contribution in [2.45, 2.75) is 31.7 Å². The van der Waals surface area contributed by atoms with Crippen LogP contribution < -0.4 is 4.72 Å². The molecule has 0 spiro atoms. The molecule has 1 amide bonds. The summed E-state index contributed by atoms with van der Waals surface area (Å²) < 4.78 is 29.1. The van der Waals surface area contributed by atoms with E-state index in [4.69, 9.17) is 0 Å². The fraction of sp³-hybridized carbons (Fsp3) is 0.211. The van der Waals surface area contributed by atoms with Gasteiger partial charge in [-0.3, -0.25) is 4.79 Å². The number of aryl methyl sites for hydroxylation is 1. The Bertz CT molecular complexity index is 1040. The predicted octanol–water partition coefficient (Wildman–Crippen LogP) is 2.52. The van der Waals surface area contributed by atoms with E-state index in [9.17, 15) is 13.2 Å². The highest BCUT2D eigenvalue weighted by Crippen LogP contribution is 2.29. The van der Waals surface area contributed by atoms with Gasteiger partial charge in [0.15, 0.2) is 0 Å². The molecule has 0 aliphatic heterocycles. The van der Waals surface area contributed by atoms with Crippen molar-refractivity contribution in [1.29, 1.82) is 0 Å². The summed E-state index contributed by atoms with van der Waals surface area (Å²) in [6.45, 7) is 4.07. The van der Waals surface area contributed by atoms with Crippen LogP contribution in [0.15, 0.2) is 60.0 Å². The van der Waals surface area contributed by atoms with Crippen molar-refractivity contribution in [2.75, 3.05) is 0 Å². The fourth-order valence-electron chi connectivity index (χ4n) is 2.67. The van der Waals surface area contributed by atoms with E-state index in [2.05, 4.69) is 14.8 Å². The Labute approximate surface area is 158 Å². The molecule has 3 aromatic rings. The molecular weight excluding hydrogens is 364 g/mol. The molecule has 0 bridgehead atoms. The molecule has 2 aromatic carbocycles. The second-order valence-electron chi connectivity index (χ2n) is 6.17. The van der Waals surface area contributed by atoms with E-state index >= 15 is 0 Å². The molecule has 0 radical (unpaired) electrons. The Morgan fingerprint density at radius 2 is 1.89 bits per heavy atom. The van der Waals surface area contributed by atoms with Gasteiger partial charge in [0, 0.05) is 12.0 Å². The van der Waals surface area contributed by atoms with Gasteiger partial charge in [0.1, 0.15) is 12.7 Å². The van der Waals surface area contributed by atoms with Crippen molar-refractivity contribution in [3.05, 3.63) is 66.2 Å². The Morgan fingerprint density at radius 3 is 2.52 bits per heavy atom. The van der Waals surface area contributed by atoms with Gasteiger partial charge in [0.25, 0.3) is 10.0 Å². The maximum atomic E-state index is 12.6. The first-order valence-corrected chi connectivity index (χ1v) is 9.95. The van der Waals surface area contributed by atoms with E-state index in [-0.39, 0.29) is 11.3 Å². The average Bonchev–Trinajstić information content (AvgIpc) is 3.14. The minimum atomic E-state index is -3.94. The molecule has 3 rings (SSSR count). The lowest BCUT2D eigenvalue weighted by atomic mass is 10.0. The van der Waals surface area contributed by atoms with Gasteiger partial charge in [-0.05, 0) is 24.1 Å². The number of nitrogens with zero attached hydrogens (tertiary/aromatic N) is 3. The molecule has 0 atom stereocenters. The molecule has 8 heteroatoms. The lowest BCUT2D eigenvalue weighted by Gasteiger charge is -2.13. The van der Waals surface area contributed by atoms with Crippen LogP contribution in [0.3, 0.4) is 0 Å². The first kappa shape index (κ1) is 18.8. The highest BCUT2D eigenvalue weighted by atomic mass is 32.2. The Balaban J connectivity index is 1.96. The van der Waals surface area contributed by atoms with Crippen molar-refractivity contribution in [3.63, 3.8) is 0 Å². The Kier molecular flexibility index (Phi) is 5.36. The molecule has 1 heterocycles. The molecule has 27 heavy (non-hydrogen) atoms. The van der Waals surface area contributed by atoms with Crippen molar-refractivity contribution < 1.29 is 13.2 Å². The minimum Gasteiger partial charge on any atom is -0.274 e. The Morgan fingerprint density at radius 1 is 1.15 bits per heavy atom. The molecule has 0 saturated carbocycles. The summed E-state index contributed by atoms with van der Waals surface area (Å²) in [6.07, 6.45) is 3.20. The van der Waals surface area contributed by atoms with Crippen LogP contribution in [0.1, 0.15) is 24.5 Å². The number of nitrogens with one attached hydrogen (secondary N) is 1. The summed E-state index contributed by atoms with van der Waals surface area (Å²) in [5, 5.41) is 4.07. The van der Waals surface area contributed by atoms with Gasteiger partial charge in [-0.25, -0.2) is 22.8 Å². The predicted molar refractivity (Wildman–Crippen MR) is 101 cm³/mol. The van der Waals surface area contributed by atoms with E-state index in [1.807, 2.05) is 31.2 Å². The van der Waals surface area contributed by atoms with E-state index < -0.39 is 15.9 Å². The molecule has 0 saturated heterocycles. The second kappa shape index (κ2) is 7.71. The van der Waals surface area contributed by atoms with Crippen molar-refractivity contribution >= 4 is 15.9 Å². The molecule has 0 aliphatic carbocycles. The lowest BCUT2D eigenvalue weighted by molar-refractivity contribution is -0.119. The molecule has 1 N–H and O–H groups in total. The van der Waals surface area contributed by atoms with Gasteiger partial charge < -0.3 is 0 Å². The second-order valence-corrected chi connectivity index (χ2v) is 7.82. The summed E-state index contributed by atoms with van der Waals surface area (Å²) in [5.41, 5.74) is 3.25. The van der Waals surface area contributed by atoms with Crippen LogP contribution in [0.2, 0.25) is 0 Å². The number of carbonyl (C=O) groups is 1. The maximum Gasteiger partial charge on any atom is 0.264 e. The van der Waals surface area contributed by atoms with Crippen molar-refractivity contribution in [1.82, 2.24) is 19.5 Å². The standard InChI is InChI=1S/C19H20N4O3S/c1-3-19(24)22-27(25,26)18-9-4-14(2)10-17(18)16-7-5-15(6-8-16)11-23-13-20-12-21-23/h4-10,12-13H,3,11H2,1-2H3,(H,22,24). The number of amides is 1. The summed E-state index contributed by atoms with van der Waals surface area (Å²) in [5.74, 6) is -0.537. The van der Waals surface area contributed by atoms with Crippen LogP contribution in [0, 0.1) is 6.92 Å². The van der Waals surface area contributed by atoms with Crippen LogP contribution >= 0.6 is 0 Å². The largest absolute Gasteiger partial charge is 0.274 e. The van der Waals surface area contributed by atoms with E-state index in [0.717, 1.165) is 16.7 Å². The Hall–Kier alpha value is -3.00. The first-order valence-electron chi connectivity index (χ1n) is 8.47. The normalized spacial score (nSPS) is 11.3.